The maximum Gasteiger partial charge on any atom is 0.246 e. The molecule has 1 aromatic heterocycles. The molecule has 0 bridgehead atoms. The number of nitrogens with one attached hydrogen (secondary N) is 1. The molecule has 8 nitrogen and oxygen atoms in total. The fourth-order valence-corrected chi connectivity index (χ4v) is 4.58. The molecule has 8 heteroatoms. The van der Waals surface area contributed by atoms with E-state index in [1.807, 2.05) is 18.1 Å². The maximum atomic E-state index is 12.7. The van der Waals surface area contributed by atoms with Crippen LogP contribution in [0, 0.1) is 0 Å². The van der Waals surface area contributed by atoms with Crippen molar-refractivity contribution >= 4 is 17.6 Å². The first-order valence-corrected chi connectivity index (χ1v) is 11.7. The van der Waals surface area contributed by atoms with Crippen LogP contribution in [0.1, 0.15) is 36.8 Å². The van der Waals surface area contributed by atoms with E-state index < -0.39 is 0 Å². The van der Waals surface area contributed by atoms with Crippen LogP contribution in [0.15, 0.2) is 41.7 Å². The van der Waals surface area contributed by atoms with Gasteiger partial charge in [-0.15, -0.1) is 0 Å². The Morgan fingerprint density at radius 1 is 1.09 bits per heavy atom. The summed E-state index contributed by atoms with van der Waals surface area (Å²) in [5, 5.41) is 7.63. The number of rotatable bonds is 5. The molecule has 2 aromatic rings. The van der Waals surface area contributed by atoms with Gasteiger partial charge in [0.15, 0.2) is 5.96 Å². The lowest BCUT2D eigenvalue weighted by molar-refractivity contribution is -0.120. The number of aryl methyl sites for hydroxylation is 1. The van der Waals surface area contributed by atoms with E-state index in [2.05, 4.69) is 44.6 Å². The zero-order valence-corrected chi connectivity index (χ0v) is 19.3. The van der Waals surface area contributed by atoms with Gasteiger partial charge in [0.1, 0.15) is 6.54 Å². The lowest BCUT2D eigenvalue weighted by Crippen LogP contribution is -2.55. The molecule has 1 amide bonds. The first-order valence-electron chi connectivity index (χ1n) is 11.7. The maximum absolute atomic E-state index is 12.7. The van der Waals surface area contributed by atoms with Crippen molar-refractivity contribution in [3.05, 3.63) is 47.8 Å². The lowest BCUT2D eigenvalue weighted by Gasteiger charge is -2.35. The monoisotopic (exact) mass is 437 g/mol. The van der Waals surface area contributed by atoms with E-state index in [1.165, 1.54) is 49.9 Å². The van der Waals surface area contributed by atoms with Crippen LogP contribution in [0.2, 0.25) is 0 Å². The van der Waals surface area contributed by atoms with Crippen LogP contribution in [0.25, 0.3) is 0 Å². The molecule has 2 aliphatic rings. The molecule has 0 aliphatic carbocycles. The summed E-state index contributed by atoms with van der Waals surface area (Å²) in [6.45, 7) is 5.78. The standard InChI is InChI=1S/C24H35N7O/c1-25-24(30-12-13-31(23(32)19-30)22-16-27-28(2)18-22)26-15-20-8-7-9-21(14-20)17-29-10-5-3-4-6-11-29/h7-9,14,16,18H,3-6,10-13,15,17,19H2,1-2H3,(H,25,26). The highest BCUT2D eigenvalue weighted by molar-refractivity contribution is 5.98. The summed E-state index contributed by atoms with van der Waals surface area (Å²) >= 11 is 0. The number of piperazine rings is 1. The number of guanidine groups is 1. The number of likely N-dealkylation sites (tertiary alicyclic amines) is 1. The molecule has 0 saturated carbocycles. The second-order valence-corrected chi connectivity index (χ2v) is 8.75. The predicted octanol–water partition coefficient (Wildman–Crippen LogP) is 2.22. The van der Waals surface area contributed by atoms with Gasteiger partial charge >= 0.3 is 0 Å². The van der Waals surface area contributed by atoms with Crippen molar-refractivity contribution in [3.63, 3.8) is 0 Å². The first kappa shape index (κ1) is 22.3. The summed E-state index contributed by atoms with van der Waals surface area (Å²) in [6, 6.07) is 8.80. The molecule has 1 aromatic carbocycles. The van der Waals surface area contributed by atoms with Crippen molar-refractivity contribution in [2.75, 3.05) is 44.7 Å². The Labute approximate surface area is 190 Å². The molecular weight excluding hydrogens is 402 g/mol. The Bertz CT molecular complexity index is 930. The van der Waals surface area contributed by atoms with E-state index in [-0.39, 0.29) is 5.91 Å². The molecule has 172 valence electrons. The molecule has 2 fully saturated rings. The Hall–Kier alpha value is -2.87. The van der Waals surface area contributed by atoms with Crippen molar-refractivity contribution in [2.45, 2.75) is 38.8 Å². The summed E-state index contributed by atoms with van der Waals surface area (Å²) in [4.78, 5) is 23.5. The van der Waals surface area contributed by atoms with E-state index in [0.717, 1.165) is 24.7 Å². The highest BCUT2D eigenvalue weighted by atomic mass is 16.2. The number of aliphatic imine (C=N–C) groups is 1. The summed E-state index contributed by atoms with van der Waals surface area (Å²) in [5.74, 6) is 0.828. The van der Waals surface area contributed by atoms with E-state index in [4.69, 9.17) is 0 Å². The molecule has 1 N–H and O–H groups in total. The first-order chi connectivity index (χ1) is 15.6. The van der Waals surface area contributed by atoms with Crippen molar-refractivity contribution in [3.8, 4) is 0 Å². The topological polar surface area (TPSA) is 69.0 Å². The van der Waals surface area contributed by atoms with Crippen LogP contribution in [0.4, 0.5) is 5.69 Å². The Morgan fingerprint density at radius 3 is 2.56 bits per heavy atom. The van der Waals surface area contributed by atoms with Crippen LogP contribution < -0.4 is 10.2 Å². The zero-order valence-electron chi connectivity index (χ0n) is 19.3. The average molecular weight is 438 g/mol. The van der Waals surface area contributed by atoms with E-state index in [0.29, 0.717) is 19.6 Å². The average Bonchev–Trinajstić information content (AvgIpc) is 3.06. The largest absolute Gasteiger partial charge is 0.352 e. The molecule has 0 spiro atoms. The number of hydrogen-bond acceptors (Lipinski definition) is 4. The highest BCUT2D eigenvalue weighted by Crippen LogP contribution is 2.17. The number of carbonyl (C=O) groups excluding carboxylic acids is 1. The lowest BCUT2D eigenvalue weighted by atomic mass is 10.1. The van der Waals surface area contributed by atoms with Gasteiger partial charge in [-0.2, -0.15) is 5.10 Å². The van der Waals surface area contributed by atoms with Crippen LogP contribution in [0.5, 0.6) is 0 Å². The number of benzene rings is 1. The predicted molar refractivity (Wildman–Crippen MR) is 128 cm³/mol. The van der Waals surface area contributed by atoms with Crippen molar-refractivity contribution in [1.82, 2.24) is 24.9 Å². The van der Waals surface area contributed by atoms with Crippen LogP contribution >= 0.6 is 0 Å². The van der Waals surface area contributed by atoms with Gasteiger partial charge in [0.05, 0.1) is 11.9 Å². The third-order valence-corrected chi connectivity index (χ3v) is 6.28. The summed E-state index contributed by atoms with van der Waals surface area (Å²) in [7, 11) is 3.63. The SMILES string of the molecule is CN=C(NCc1cccc(CN2CCCCCC2)c1)N1CCN(c2cnn(C)c2)C(=O)C1. The molecule has 2 aliphatic heterocycles. The van der Waals surface area contributed by atoms with E-state index in [1.54, 1.807) is 22.8 Å². The smallest absolute Gasteiger partial charge is 0.246 e. The van der Waals surface area contributed by atoms with Gasteiger partial charge in [0.2, 0.25) is 5.91 Å². The minimum Gasteiger partial charge on any atom is -0.352 e. The van der Waals surface area contributed by atoms with Gasteiger partial charge in [-0.05, 0) is 37.1 Å². The Kier molecular flexibility index (Phi) is 7.42. The Balaban J connectivity index is 1.31. The van der Waals surface area contributed by atoms with Gasteiger partial charge in [0.25, 0.3) is 0 Å². The minimum absolute atomic E-state index is 0.0617. The van der Waals surface area contributed by atoms with Gasteiger partial charge in [0, 0.05) is 46.5 Å². The molecular formula is C24H35N7O. The molecule has 2 saturated heterocycles. The molecule has 3 heterocycles. The van der Waals surface area contributed by atoms with Crippen LogP contribution in [-0.4, -0.2) is 71.2 Å². The summed E-state index contributed by atoms with van der Waals surface area (Å²) in [5.41, 5.74) is 3.45. The zero-order chi connectivity index (χ0) is 22.3. The number of amides is 1. The van der Waals surface area contributed by atoms with Gasteiger partial charge in [-0.3, -0.25) is 19.4 Å². The van der Waals surface area contributed by atoms with E-state index >= 15 is 0 Å². The Morgan fingerprint density at radius 2 is 1.88 bits per heavy atom. The summed E-state index contributed by atoms with van der Waals surface area (Å²) in [6.07, 6.45) is 8.95. The third-order valence-electron chi connectivity index (χ3n) is 6.28. The molecule has 0 unspecified atom stereocenters. The van der Waals surface area contributed by atoms with Crippen molar-refractivity contribution < 1.29 is 4.79 Å². The normalized spacial score (nSPS) is 18.7. The third kappa shape index (κ3) is 5.68. The number of hydrogen-bond donors (Lipinski definition) is 1. The molecule has 0 atom stereocenters. The van der Waals surface area contributed by atoms with E-state index in [9.17, 15) is 4.79 Å². The quantitative estimate of drug-likeness (QED) is 0.574. The van der Waals surface area contributed by atoms with Crippen LogP contribution in [0.3, 0.4) is 0 Å². The number of aromatic nitrogens is 2. The highest BCUT2D eigenvalue weighted by Gasteiger charge is 2.27. The molecule has 32 heavy (non-hydrogen) atoms. The second-order valence-electron chi connectivity index (χ2n) is 8.75. The second kappa shape index (κ2) is 10.6. The van der Waals surface area contributed by atoms with Gasteiger partial charge < -0.3 is 15.1 Å². The fourth-order valence-electron chi connectivity index (χ4n) is 4.58. The van der Waals surface area contributed by atoms with Gasteiger partial charge in [-0.1, -0.05) is 37.1 Å². The van der Waals surface area contributed by atoms with Crippen molar-refractivity contribution in [2.24, 2.45) is 12.0 Å². The molecule has 4 rings (SSSR count). The number of nitrogens with zero attached hydrogens (tertiary/aromatic N) is 6. The van der Waals surface area contributed by atoms with Crippen molar-refractivity contribution in [1.29, 1.82) is 0 Å². The van der Waals surface area contributed by atoms with Crippen LogP contribution in [-0.2, 0) is 24.9 Å². The number of anilines is 1. The minimum atomic E-state index is 0.0617. The number of carbonyl (C=O) groups is 1. The fraction of sp³-hybridized carbons (Fsp3) is 0.542. The molecule has 0 radical (unpaired) electrons. The summed E-state index contributed by atoms with van der Waals surface area (Å²) < 4.78 is 1.72. The van der Waals surface area contributed by atoms with Gasteiger partial charge in [-0.25, -0.2) is 0 Å².